The van der Waals surface area contributed by atoms with Crippen LogP contribution in [0.2, 0.25) is 5.02 Å². The van der Waals surface area contributed by atoms with Crippen LogP contribution in [0.1, 0.15) is 29.3 Å². The van der Waals surface area contributed by atoms with Crippen molar-refractivity contribution >= 4 is 47.4 Å². The molecule has 2 heterocycles. The highest BCUT2D eigenvalue weighted by Crippen LogP contribution is 2.66. The van der Waals surface area contributed by atoms with Gasteiger partial charge in [-0.15, -0.1) is 0 Å². The molecule has 2 aromatic rings. The zero-order valence-electron chi connectivity index (χ0n) is 11.6. The maximum absolute atomic E-state index is 14.3. The van der Waals surface area contributed by atoms with Crippen molar-refractivity contribution in [3.05, 3.63) is 50.8 Å². The summed E-state index contributed by atoms with van der Waals surface area (Å²) in [5.74, 6) is -0.160. The summed E-state index contributed by atoms with van der Waals surface area (Å²) < 4.78 is 16.7. The van der Waals surface area contributed by atoms with Crippen LogP contribution in [0, 0.1) is 10.6 Å². The molecule has 6 radical (unpaired) electrons. The quantitative estimate of drug-likeness (QED) is 0.665. The normalized spacial score (nSPS) is 25.8. The van der Waals surface area contributed by atoms with E-state index in [2.05, 4.69) is 4.98 Å². The zero-order valence-corrected chi connectivity index (χ0v) is 13.1. The minimum atomic E-state index is -1.50. The molecule has 2 aliphatic rings. The number of nitrogens with one attached hydrogen (secondary N) is 1. The SMILES string of the molecule is [B]C([B])([B])c1[nH]c(=S)n2c1[C@@H]1C[C@]1(c1cc(Cl)ccc1F)C2. The van der Waals surface area contributed by atoms with E-state index in [9.17, 15) is 4.39 Å². The van der Waals surface area contributed by atoms with Gasteiger partial charge in [0, 0.05) is 34.3 Å². The molecular weight excluding hydrogens is 315 g/mol. The number of hydrogen-bond donors (Lipinski definition) is 1. The van der Waals surface area contributed by atoms with Crippen molar-refractivity contribution in [1.29, 1.82) is 0 Å². The molecule has 1 aliphatic heterocycles. The van der Waals surface area contributed by atoms with Gasteiger partial charge in [-0.3, -0.25) is 0 Å². The Morgan fingerprint density at radius 2 is 2.14 bits per heavy atom. The molecule has 0 spiro atoms. The topological polar surface area (TPSA) is 20.7 Å². The fourth-order valence-electron chi connectivity index (χ4n) is 3.71. The fraction of sp³-hybridized carbons (Fsp3) is 0.357. The molecule has 22 heavy (non-hydrogen) atoms. The number of halogens is 2. The first-order valence-electron chi connectivity index (χ1n) is 6.89. The summed E-state index contributed by atoms with van der Waals surface area (Å²) in [6.07, 6.45) is 0.806. The predicted molar refractivity (Wildman–Crippen MR) is 89.0 cm³/mol. The van der Waals surface area contributed by atoms with Gasteiger partial charge in [0.25, 0.3) is 0 Å². The van der Waals surface area contributed by atoms with Crippen molar-refractivity contribution in [2.24, 2.45) is 0 Å². The zero-order chi connectivity index (χ0) is 15.9. The molecule has 104 valence electrons. The van der Waals surface area contributed by atoms with Crippen LogP contribution < -0.4 is 0 Å². The van der Waals surface area contributed by atoms with Crippen molar-refractivity contribution in [2.75, 3.05) is 0 Å². The number of aromatic amines is 1. The van der Waals surface area contributed by atoms with Crippen LogP contribution in [0.15, 0.2) is 18.2 Å². The lowest BCUT2D eigenvalue weighted by molar-refractivity contribution is 0.530. The number of imidazole rings is 1. The van der Waals surface area contributed by atoms with Gasteiger partial charge in [0.15, 0.2) is 4.77 Å². The van der Waals surface area contributed by atoms with Crippen LogP contribution in [0.5, 0.6) is 0 Å². The highest BCUT2D eigenvalue weighted by molar-refractivity contribution is 7.71. The van der Waals surface area contributed by atoms with E-state index in [4.69, 9.17) is 47.4 Å². The first kappa shape index (κ1) is 14.6. The van der Waals surface area contributed by atoms with Crippen LogP contribution in [0.3, 0.4) is 0 Å². The van der Waals surface area contributed by atoms with Gasteiger partial charge in [0.2, 0.25) is 0 Å². The van der Waals surface area contributed by atoms with Crippen LogP contribution in [-0.2, 0) is 17.1 Å². The van der Waals surface area contributed by atoms with Gasteiger partial charge in [-0.25, -0.2) is 4.39 Å². The molecule has 8 heteroatoms. The van der Waals surface area contributed by atoms with E-state index in [0.717, 1.165) is 12.1 Å². The molecule has 4 rings (SSSR count). The number of H-pyrrole nitrogens is 1. The highest BCUT2D eigenvalue weighted by atomic mass is 35.5. The van der Waals surface area contributed by atoms with E-state index in [1.807, 2.05) is 4.57 Å². The number of fused-ring (bicyclic) bond motifs is 3. The van der Waals surface area contributed by atoms with Crippen LogP contribution in [-0.4, -0.2) is 33.1 Å². The van der Waals surface area contributed by atoms with E-state index in [-0.39, 0.29) is 17.2 Å². The van der Waals surface area contributed by atoms with Gasteiger partial charge in [-0.2, -0.15) is 0 Å². The number of benzene rings is 1. The van der Waals surface area contributed by atoms with E-state index in [0.29, 0.717) is 27.6 Å². The van der Waals surface area contributed by atoms with Gasteiger partial charge in [-0.1, -0.05) is 16.7 Å². The Morgan fingerprint density at radius 1 is 1.41 bits per heavy atom. The molecular formula is C14H9B3ClFN2S. The first-order chi connectivity index (χ1) is 10.2. The summed E-state index contributed by atoms with van der Waals surface area (Å²) >= 11 is 11.4. The molecule has 1 N–H and O–H groups in total. The van der Waals surface area contributed by atoms with Crippen molar-refractivity contribution in [3.63, 3.8) is 0 Å². The second-order valence-electron chi connectivity index (χ2n) is 6.25. The standard InChI is InChI=1S/C14H9B3ClFN2S/c15-14(16,17)11-10-8-4-13(8,5-21(10)12(22)20-11)7-3-6(18)1-2-9(7)19/h1-3,8H,4-5H2,(H,20,22)/t8-,13+/m0/s1. The van der Waals surface area contributed by atoms with E-state index in [1.165, 1.54) is 6.07 Å². The molecule has 1 aromatic heterocycles. The van der Waals surface area contributed by atoms with Gasteiger partial charge >= 0.3 is 0 Å². The lowest BCUT2D eigenvalue weighted by atomic mass is 9.41. The largest absolute Gasteiger partial charge is 0.336 e. The molecule has 0 saturated heterocycles. The van der Waals surface area contributed by atoms with Crippen LogP contribution in [0.4, 0.5) is 4.39 Å². The molecule has 0 bridgehead atoms. The molecule has 1 aliphatic carbocycles. The third kappa shape index (κ3) is 1.85. The Kier molecular flexibility index (Phi) is 2.88. The third-order valence-electron chi connectivity index (χ3n) is 4.77. The third-order valence-corrected chi connectivity index (χ3v) is 5.32. The summed E-state index contributed by atoms with van der Waals surface area (Å²) in [5, 5.41) is -0.983. The second-order valence-corrected chi connectivity index (χ2v) is 7.07. The Balaban J connectivity index is 1.86. The minimum Gasteiger partial charge on any atom is -0.336 e. The minimum absolute atomic E-state index is 0.0958. The number of aromatic nitrogens is 2. The molecule has 2 nitrogen and oxygen atoms in total. The fourth-order valence-corrected chi connectivity index (χ4v) is 4.15. The Hall–Kier alpha value is -0.935. The molecule has 1 saturated carbocycles. The summed E-state index contributed by atoms with van der Waals surface area (Å²) in [6.45, 7) is 0.579. The summed E-state index contributed by atoms with van der Waals surface area (Å²) in [5.41, 5.74) is 1.69. The first-order valence-corrected chi connectivity index (χ1v) is 7.68. The smallest absolute Gasteiger partial charge is 0.177 e. The maximum atomic E-state index is 14.3. The number of hydrogen-bond acceptors (Lipinski definition) is 1. The lowest BCUT2D eigenvalue weighted by Crippen LogP contribution is -2.29. The molecule has 1 fully saturated rings. The Bertz CT molecular complexity index is 857. The molecule has 0 unspecified atom stereocenters. The second kappa shape index (κ2) is 4.32. The van der Waals surface area contributed by atoms with Gasteiger partial charge < -0.3 is 9.55 Å². The molecule has 0 amide bonds. The summed E-state index contributed by atoms with van der Waals surface area (Å²) in [6, 6.07) is 4.64. The maximum Gasteiger partial charge on any atom is 0.177 e. The van der Waals surface area contributed by atoms with Gasteiger partial charge in [0.05, 0.1) is 23.5 Å². The van der Waals surface area contributed by atoms with E-state index < -0.39 is 5.11 Å². The monoisotopic (exact) mass is 324 g/mol. The van der Waals surface area contributed by atoms with Crippen molar-refractivity contribution < 1.29 is 4.39 Å². The summed E-state index contributed by atoms with van der Waals surface area (Å²) in [4.78, 5) is 2.99. The van der Waals surface area contributed by atoms with Crippen LogP contribution >= 0.6 is 23.8 Å². The lowest BCUT2D eigenvalue weighted by Gasteiger charge is -2.20. The van der Waals surface area contributed by atoms with Crippen LogP contribution in [0.25, 0.3) is 0 Å². The van der Waals surface area contributed by atoms with Crippen molar-refractivity contribution in [1.82, 2.24) is 9.55 Å². The molecule has 1 aromatic carbocycles. The van der Waals surface area contributed by atoms with E-state index >= 15 is 0 Å². The molecule has 2 atom stereocenters. The number of nitrogens with zero attached hydrogens (tertiary/aromatic N) is 1. The average molecular weight is 324 g/mol. The van der Waals surface area contributed by atoms with E-state index in [1.54, 1.807) is 12.1 Å². The number of rotatable bonds is 2. The summed E-state index contributed by atoms with van der Waals surface area (Å²) in [7, 11) is 17.5. The Morgan fingerprint density at radius 3 is 2.82 bits per heavy atom. The van der Waals surface area contributed by atoms with Crippen molar-refractivity contribution in [2.45, 2.75) is 29.4 Å². The highest BCUT2D eigenvalue weighted by Gasteiger charge is 2.63. The van der Waals surface area contributed by atoms with Gasteiger partial charge in [-0.05, 0) is 42.4 Å². The van der Waals surface area contributed by atoms with Gasteiger partial charge in [0.1, 0.15) is 5.82 Å². The predicted octanol–water partition coefficient (Wildman–Crippen LogP) is 2.39. The average Bonchev–Trinajstić information content (AvgIpc) is 2.90. The Labute approximate surface area is 141 Å². The van der Waals surface area contributed by atoms with Crippen molar-refractivity contribution in [3.8, 4) is 0 Å².